The fraction of sp³-hybridized carbons (Fsp3) is 0.263. The van der Waals surface area contributed by atoms with Crippen molar-refractivity contribution >= 4 is 17.7 Å². The fourth-order valence-electron chi connectivity index (χ4n) is 2.82. The largest absolute Gasteiger partial charge is 0.463 e. The molecule has 0 bridgehead atoms. The van der Waals surface area contributed by atoms with Crippen LogP contribution in [0.3, 0.4) is 0 Å². The third-order valence-corrected chi connectivity index (χ3v) is 5.23. The lowest BCUT2D eigenvalue weighted by Crippen LogP contribution is -2.03. The minimum atomic E-state index is -0.448. The van der Waals surface area contributed by atoms with Gasteiger partial charge in [-0.3, -0.25) is 0 Å². The summed E-state index contributed by atoms with van der Waals surface area (Å²) in [6.45, 7) is 0. The zero-order valence-corrected chi connectivity index (χ0v) is 14.7. The van der Waals surface area contributed by atoms with Gasteiger partial charge in [-0.05, 0) is 24.5 Å². The summed E-state index contributed by atoms with van der Waals surface area (Å²) in [4.78, 5) is 16.4. The van der Waals surface area contributed by atoms with Crippen molar-refractivity contribution in [2.75, 3.05) is 7.11 Å². The maximum atomic E-state index is 11.7. The molecule has 1 fully saturated rings. The third-order valence-electron chi connectivity index (χ3n) is 4.22. The van der Waals surface area contributed by atoms with Crippen molar-refractivity contribution < 1.29 is 13.9 Å². The van der Waals surface area contributed by atoms with Crippen LogP contribution in [0.2, 0.25) is 0 Å². The molecule has 1 aliphatic rings. The van der Waals surface area contributed by atoms with Crippen LogP contribution in [-0.2, 0) is 10.5 Å². The number of imidazole rings is 1. The standard InChI is InChI=1S/C19H18N2O3S/c1-23-18(22)17-14(9-10-24-17)12-25-19-20-11-16(21(19)15-7-8-15)13-5-3-2-4-6-13/h2-6,9-11,15H,7-8,12H2,1H3. The summed E-state index contributed by atoms with van der Waals surface area (Å²) in [6, 6.07) is 12.6. The zero-order chi connectivity index (χ0) is 17.2. The summed E-state index contributed by atoms with van der Waals surface area (Å²) in [5.41, 5.74) is 3.14. The Morgan fingerprint density at radius 3 is 2.84 bits per heavy atom. The second kappa shape index (κ2) is 6.80. The molecule has 0 N–H and O–H groups in total. The number of nitrogens with zero attached hydrogens (tertiary/aromatic N) is 2. The highest BCUT2D eigenvalue weighted by molar-refractivity contribution is 7.98. The second-order valence-corrected chi connectivity index (χ2v) is 6.89. The first kappa shape index (κ1) is 16.0. The maximum Gasteiger partial charge on any atom is 0.374 e. The highest BCUT2D eigenvalue weighted by Crippen LogP contribution is 2.42. The number of carbonyl (C=O) groups excluding carboxylic acids is 1. The molecule has 5 nitrogen and oxygen atoms in total. The topological polar surface area (TPSA) is 57.3 Å². The van der Waals surface area contributed by atoms with Gasteiger partial charge < -0.3 is 13.7 Å². The highest BCUT2D eigenvalue weighted by atomic mass is 32.2. The molecule has 0 saturated heterocycles. The van der Waals surface area contributed by atoms with Crippen LogP contribution in [0.25, 0.3) is 11.3 Å². The van der Waals surface area contributed by atoms with Crippen LogP contribution in [0.15, 0.2) is 58.4 Å². The van der Waals surface area contributed by atoms with Gasteiger partial charge in [-0.15, -0.1) is 0 Å². The summed E-state index contributed by atoms with van der Waals surface area (Å²) < 4.78 is 12.3. The van der Waals surface area contributed by atoms with E-state index in [2.05, 4.69) is 21.7 Å². The van der Waals surface area contributed by atoms with Crippen LogP contribution in [0.1, 0.15) is 35.0 Å². The van der Waals surface area contributed by atoms with Crippen molar-refractivity contribution in [1.29, 1.82) is 0 Å². The highest BCUT2D eigenvalue weighted by Gasteiger charge is 2.29. The molecule has 1 aromatic carbocycles. The van der Waals surface area contributed by atoms with E-state index in [0.29, 0.717) is 11.8 Å². The molecule has 0 unspecified atom stereocenters. The normalized spacial score (nSPS) is 13.8. The van der Waals surface area contributed by atoms with Gasteiger partial charge in [0.1, 0.15) is 0 Å². The molecule has 0 radical (unpaired) electrons. The van der Waals surface area contributed by atoms with E-state index >= 15 is 0 Å². The Kier molecular flexibility index (Phi) is 4.36. The second-order valence-electron chi connectivity index (χ2n) is 5.95. The number of thioether (sulfide) groups is 1. The maximum absolute atomic E-state index is 11.7. The van der Waals surface area contributed by atoms with Crippen molar-refractivity contribution in [3.8, 4) is 11.3 Å². The molecule has 2 heterocycles. The first-order valence-electron chi connectivity index (χ1n) is 8.18. The van der Waals surface area contributed by atoms with E-state index in [0.717, 1.165) is 16.4 Å². The predicted molar refractivity (Wildman–Crippen MR) is 95.5 cm³/mol. The summed E-state index contributed by atoms with van der Waals surface area (Å²) in [7, 11) is 1.35. The van der Waals surface area contributed by atoms with Gasteiger partial charge in [-0.25, -0.2) is 9.78 Å². The lowest BCUT2D eigenvalue weighted by molar-refractivity contribution is 0.0564. The molecule has 3 aromatic rings. The molecule has 0 aliphatic heterocycles. The number of esters is 1. The lowest BCUT2D eigenvalue weighted by Gasteiger charge is -2.10. The first-order valence-corrected chi connectivity index (χ1v) is 9.16. The van der Waals surface area contributed by atoms with Crippen molar-refractivity contribution in [1.82, 2.24) is 9.55 Å². The van der Waals surface area contributed by atoms with Crippen molar-refractivity contribution in [2.24, 2.45) is 0 Å². The van der Waals surface area contributed by atoms with Gasteiger partial charge in [0, 0.05) is 17.4 Å². The Hall–Kier alpha value is -2.47. The number of hydrogen-bond donors (Lipinski definition) is 0. The first-order chi connectivity index (χ1) is 12.3. The van der Waals surface area contributed by atoms with E-state index in [1.54, 1.807) is 11.8 Å². The number of methoxy groups -OCH3 is 1. The van der Waals surface area contributed by atoms with Crippen molar-refractivity contribution in [3.05, 3.63) is 60.2 Å². The number of hydrogen-bond acceptors (Lipinski definition) is 5. The monoisotopic (exact) mass is 354 g/mol. The Morgan fingerprint density at radius 2 is 2.12 bits per heavy atom. The van der Waals surface area contributed by atoms with Gasteiger partial charge in [-0.1, -0.05) is 42.1 Å². The predicted octanol–water partition coefficient (Wildman–Crippen LogP) is 4.56. The van der Waals surface area contributed by atoms with Gasteiger partial charge in [0.25, 0.3) is 0 Å². The summed E-state index contributed by atoms with van der Waals surface area (Å²) in [6.07, 6.45) is 5.82. The minimum Gasteiger partial charge on any atom is -0.463 e. The van der Waals surface area contributed by atoms with Crippen molar-refractivity contribution in [3.63, 3.8) is 0 Å². The van der Waals surface area contributed by atoms with Crippen LogP contribution in [0, 0.1) is 0 Å². The smallest absolute Gasteiger partial charge is 0.374 e. The Morgan fingerprint density at radius 1 is 1.32 bits per heavy atom. The van der Waals surface area contributed by atoms with Crippen molar-refractivity contribution in [2.45, 2.75) is 29.8 Å². The van der Waals surface area contributed by atoms with Crippen LogP contribution >= 0.6 is 11.8 Å². The SMILES string of the molecule is COC(=O)c1occc1CSc1ncc(-c2ccccc2)n1C1CC1. The Labute approximate surface area is 150 Å². The minimum absolute atomic E-state index is 0.266. The van der Waals surface area contributed by atoms with E-state index in [1.165, 1.54) is 31.8 Å². The molecule has 0 spiro atoms. The molecule has 4 rings (SSSR count). The van der Waals surface area contributed by atoms with Crippen LogP contribution in [0.5, 0.6) is 0 Å². The van der Waals surface area contributed by atoms with E-state index in [4.69, 9.17) is 9.15 Å². The molecular weight excluding hydrogens is 336 g/mol. The van der Waals surface area contributed by atoms with Gasteiger partial charge in [-0.2, -0.15) is 0 Å². The van der Waals surface area contributed by atoms with Gasteiger partial charge in [0.2, 0.25) is 5.76 Å². The number of carbonyl (C=O) groups is 1. The van der Waals surface area contributed by atoms with Gasteiger partial charge in [0.05, 0.1) is 25.3 Å². The van der Waals surface area contributed by atoms with Crippen LogP contribution in [-0.4, -0.2) is 22.6 Å². The number of benzene rings is 1. The average molecular weight is 354 g/mol. The summed E-state index contributed by atoms with van der Waals surface area (Å²) >= 11 is 1.61. The van der Waals surface area contributed by atoms with Gasteiger partial charge >= 0.3 is 5.97 Å². The lowest BCUT2D eigenvalue weighted by atomic mass is 10.2. The molecule has 25 heavy (non-hydrogen) atoms. The number of ether oxygens (including phenoxy) is 1. The van der Waals surface area contributed by atoms with E-state index in [9.17, 15) is 4.79 Å². The van der Waals surface area contributed by atoms with E-state index < -0.39 is 5.97 Å². The zero-order valence-electron chi connectivity index (χ0n) is 13.8. The fourth-order valence-corrected chi connectivity index (χ4v) is 3.85. The molecule has 1 aliphatic carbocycles. The molecule has 2 aromatic heterocycles. The van der Waals surface area contributed by atoms with Crippen LogP contribution < -0.4 is 0 Å². The molecule has 0 amide bonds. The van der Waals surface area contributed by atoms with Gasteiger partial charge in [0.15, 0.2) is 5.16 Å². The quantitative estimate of drug-likeness (QED) is 0.480. The van der Waals surface area contributed by atoms with E-state index in [-0.39, 0.29) is 5.76 Å². The molecule has 6 heteroatoms. The third kappa shape index (κ3) is 3.22. The summed E-state index contributed by atoms with van der Waals surface area (Å²) in [5, 5.41) is 0.971. The van der Waals surface area contributed by atoms with E-state index in [1.807, 2.05) is 30.5 Å². The average Bonchev–Trinajstić information content (AvgIpc) is 3.23. The Bertz CT molecular complexity index is 881. The molecular formula is C19H18N2O3S. The molecule has 1 saturated carbocycles. The molecule has 0 atom stereocenters. The number of furan rings is 1. The summed E-state index contributed by atoms with van der Waals surface area (Å²) in [5.74, 6) is 0.428. The number of rotatable bonds is 6. The molecule has 128 valence electrons. The van der Waals surface area contributed by atoms with Crippen LogP contribution in [0.4, 0.5) is 0 Å². The number of aromatic nitrogens is 2. The Balaban J connectivity index is 1.59.